The molecule has 4 N–H and O–H groups in total. The minimum atomic E-state index is -1.03. The standard InChI is InChI=1S/C44H45ClF2N8O5/c1-24-36-34(20-31(46)39(45)38(36)37-30(41(48)57)11-12-33(59-3)40(37)47)60-44(24,25-7-5-4-6-8-25)23-49-26-13-16-53(17-14-26)28-21-54(22-28)27-9-10-29-32(19-27)52(2)51-42(29)55-18-15-35(56)50-43(55)58/h4-12,19-20,24,26,28,49H,13-18,21-23H2,1-3H3,(H2,48,57)(H,50,56,58). The molecule has 60 heavy (non-hydrogen) atoms. The molecular formula is C44H45ClF2N8O5. The van der Waals surface area contributed by atoms with Gasteiger partial charge in [0.25, 0.3) is 0 Å². The summed E-state index contributed by atoms with van der Waals surface area (Å²) in [6.07, 6.45) is 2.05. The van der Waals surface area contributed by atoms with Crippen molar-refractivity contribution in [2.24, 2.45) is 12.8 Å². The van der Waals surface area contributed by atoms with E-state index >= 15 is 8.78 Å². The van der Waals surface area contributed by atoms with Crippen molar-refractivity contribution in [1.82, 2.24) is 25.3 Å². The Kier molecular flexibility index (Phi) is 10.2. The van der Waals surface area contributed by atoms with E-state index in [1.54, 1.807) is 4.68 Å². The molecule has 16 heteroatoms. The van der Waals surface area contributed by atoms with Gasteiger partial charge < -0.3 is 25.4 Å². The quantitative estimate of drug-likeness (QED) is 0.153. The first kappa shape index (κ1) is 39.7. The number of anilines is 2. The van der Waals surface area contributed by atoms with Gasteiger partial charge in [-0.3, -0.25) is 29.4 Å². The van der Waals surface area contributed by atoms with Gasteiger partial charge >= 0.3 is 6.03 Å². The van der Waals surface area contributed by atoms with Crippen LogP contribution in [0.15, 0.2) is 66.7 Å². The second kappa shape index (κ2) is 15.4. The van der Waals surface area contributed by atoms with E-state index in [0.29, 0.717) is 30.5 Å². The molecular weight excluding hydrogens is 794 g/mol. The summed E-state index contributed by atoms with van der Waals surface area (Å²) in [5, 5.41) is 11.3. The average Bonchev–Trinajstić information content (AvgIpc) is 3.70. The predicted octanol–water partition coefficient (Wildman–Crippen LogP) is 6.06. The Hall–Kier alpha value is -5.77. The van der Waals surface area contributed by atoms with E-state index < -0.39 is 35.1 Å². The number of halogens is 3. The normalized spacial score (nSPS) is 21.2. The number of likely N-dealkylation sites (tertiary alicyclic amines) is 1. The van der Waals surface area contributed by atoms with Crippen LogP contribution in [0.4, 0.5) is 25.1 Å². The van der Waals surface area contributed by atoms with E-state index in [2.05, 4.69) is 37.7 Å². The van der Waals surface area contributed by atoms with Crippen LogP contribution in [0.3, 0.4) is 0 Å². The predicted molar refractivity (Wildman–Crippen MR) is 224 cm³/mol. The smallest absolute Gasteiger partial charge is 0.329 e. The molecule has 4 amide bonds. The molecule has 4 aromatic carbocycles. The van der Waals surface area contributed by atoms with Gasteiger partial charge in [-0.15, -0.1) is 0 Å². The topological polar surface area (TPSA) is 147 Å². The first-order chi connectivity index (χ1) is 28.9. The van der Waals surface area contributed by atoms with Gasteiger partial charge in [0, 0.05) is 105 Å². The summed E-state index contributed by atoms with van der Waals surface area (Å²) in [5.41, 5.74) is 7.65. The number of hydrogen-bond donors (Lipinski definition) is 3. The third-order valence-corrected chi connectivity index (χ3v) is 13.2. The van der Waals surface area contributed by atoms with Crippen LogP contribution in [0.2, 0.25) is 5.02 Å². The van der Waals surface area contributed by atoms with Crippen molar-refractivity contribution in [2.75, 3.05) is 56.2 Å². The average molecular weight is 839 g/mol. The number of piperidine rings is 1. The number of aryl methyl sites for hydroxylation is 1. The highest BCUT2D eigenvalue weighted by Gasteiger charge is 2.50. The maximum atomic E-state index is 16.2. The molecule has 5 heterocycles. The van der Waals surface area contributed by atoms with Crippen LogP contribution >= 0.6 is 11.6 Å². The number of fused-ring (bicyclic) bond motifs is 2. The Morgan fingerprint density at radius 2 is 1.80 bits per heavy atom. The number of primary amides is 1. The van der Waals surface area contributed by atoms with Gasteiger partial charge in [0.1, 0.15) is 11.6 Å². The number of nitrogens with zero attached hydrogens (tertiary/aromatic N) is 5. The molecule has 4 aliphatic heterocycles. The molecule has 4 aliphatic rings. The van der Waals surface area contributed by atoms with Gasteiger partial charge in [0.05, 0.1) is 23.2 Å². The number of benzene rings is 4. The molecule has 13 nitrogen and oxygen atoms in total. The SMILES string of the molecule is COc1ccc(C(N)=O)c(-c2c(Cl)c(F)cc3c2C(C)C(CNC2CCN(C4CN(c5ccc6c(N7CCC(=O)NC7=O)nn(C)c6c5)C4)CC2)(c2ccccc2)O3)c1F. The lowest BCUT2D eigenvalue weighted by molar-refractivity contribution is -0.120. The Morgan fingerprint density at radius 1 is 1.05 bits per heavy atom. The molecule has 0 aliphatic carbocycles. The summed E-state index contributed by atoms with van der Waals surface area (Å²) < 4.78 is 45.7. The molecule has 312 valence electrons. The lowest BCUT2D eigenvalue weighted by atomic mass is 9.77. The van der Waals surface area contributed by atoms with Gasteiger partial charge in [-0.05, 0) is 48.7 Å². The molecule has 1 aromatic heterocycles. The monoisotopic (exact) mass is 838 g/mol. The number of amides is 4. The minimum Gasteiger partial charge on any atom is -0.494 e. The van der Waals surface area contributed by atoms with E-state index in [1.807, 2.05) is 50.4 Å². The maximum absolute atomic E-state index is 16.2. The number of carbonyl (C=O) groups is 3. The number of ether oxygens (including phenoxy) is 2. The molecule has 0 spiro atoms. The van der Waals surface area contributed by atoms with Gasteiger partial charge in [-0.1, -0.05) is 48.9 Å². The van der Waals surface area contributed by atoms with Crippen molar-refractivity contribution in [1.29, 1.82) is 0 Å². The molecule has 9 rings (SSSR count). The molecule has 5 aromatic rings. The zero-order valence-corrected chi connectivity index (χ0v) is 34.2. The largest absolute Gasteiger partial charge is 0.494 e. The summed E-state index contributed by atoms with van der Waals surface area (Å²) in [4.78, 5) is 43.3. The summed E-state index contributed by atoms with van der Waals surface area (Å²) in [6, 6.07) is 19.9. The molecule has 3 fully saturated rings. The van der Waals surface area contributed by atoms with E-state index in [-0.39, 0.29) is 51.6 Å². The van der Waals surface area contributed by atoms with Crippen LogP contribution in [0.5, 0.6) is 11.5 Å². The summed E-state index contributed by atoms with van der Waals surface area (Å²) in [6.45, 7) is 6.20. The molecule has 2 unspecified atom stereocenters. The highest BCUT2D eigenvalue weighted by atomic mass is 35.5. The van der Waals surface area contributed by atoms with E-state index in [0.717, 1.165) is 61.2 Å². The summed E-state index contributed by atoms with van der Waals surface area (Å²) in [7, 11) is 3.16. The van der Waals surface area contributed by atoms with Crippen LogP contribution in [0.1, 0.15) is 53.6 Å². The number of hydrogen-bond acceptors (Lipinski definition) is 9. The fraction of sp³-hybridized carbons (Fsp3) is 0.364. The van der Waals surface area contributed by atoms with Gasteiger partial charge in [-0.25, -0.2) is 13.6 Å². The van der Waals surface area contributed by atoms with Crippen LogP contribution < -0.4 is 35.6 Å². The van der Waals surface area contributed by atoms with Crippen LogP contribution in [-0.2, 0) is 17.4 Å². The lowest BCUT2D eigenvalue weighted by Crippen LogP contribution is -2.62. The van der Waals surface area contributed by atoms with Crippen molar-refractivity contribution < 1.29 is 32.6 Å². The zero-order chi connectivity index (χ0) is 42.0. The highest BCUT2D eigenvalue weighted by molar-refractivity contribution is 6.34. The second-order valence-electron chi connectivity index (χ2n) is 16.1. The first-order valence-electron chi connectivity index (χ1n) is 20.1. The number of aromatic nitrogens is 2. The Morgan fingerprint density at radius 3 is 2.50 bits per heavy atom. The third kappa shape index (κ3) is 6.59. The third-order valence-electron chi connectivity index (χ3n) is 12.8. The maximum Gasteiger partial charge on any atom is 0.329 e. The number of imide groups is 1. The van der Waals surface area contributed by atoms with Gasteiger partial charge in [0.15, 0.2) is 23.0 Å². The van der Waals surface area contributed by atoms with Crippen LogP contribution in [0.25, 0.3) is 22.0 Å². The van der Waals surface area contributed by atoms with Crippen LogP contribution in [0, 0.1) is 11.6 Å². The first-order valence-corrected chi connectivity index (χ1v) is 20.5. The molecule has 0 saturated carbocycles. The Bertz CT molecular complexity index is 2540. The van der Waals surface area contributed by atoms with Crippen molar-refractivity contribution in [3.05, 3.63) is 100 Å². The van der Waals surface area contributed by atoms with Gasteiger partial charge in [0.2, 0.25) is 11.8 Å². The number of carbonyl (C=O) groups excluding carboxylic acids is 3. The van der Waals surface area contributed by atoms with Crippen LogP contribution in [-0.4, -0.2) is 91.0 Å². The number of methoxy groups -OCH3 is 1. The van der Waals surface area contributed by atoms with Crippen molar-refractivity contribution >= 4 is 51.9 Å². The molecule has 0 bridgehead atoms. The number of nitrogens with two attached hydrogens (primary N) is 1. The number of nitrogens with one attached hydrogen (secondary N) is 2. The van der Waals surface area contributed by atoms with E-state index in [9.17, 15) is 14.4 Å². The lowest BCUT2D eigenvalue weighted by Gasteiger charge is -2.49. The van der Waals surface area contributed by atoms with E-state index in [4.69, 9.17) is 26.8 Å². The van der Waals surface area contributed by atoms with Crippen molar-refractivity contribution in [3.63, 3.8) is 0 Å². The Balaban J connectivity index is 0.891. The molecule has 3 saturated heterocycles. The highest BCUT2D eigenvalue weighted by Crippen LogP contribution is 2.56. The second-order valence-corrected chi connectivity index (χ2v) is 16.4. The fourth-order valence-corrected chi connectivity index (χ4v) is 9.68. The summed E-state index contributed by atoms with van der Waals surface area (Å²) >= 11 is 6.68. The minimum absolute atomic E-state index is 0.0141. The molecule has 2 atom stereocenters. The fourth-order valence-electron chi connectivity index (χ4n) is 9.43. The molecule has 0 radical (unpaired) electrons. The van der Waals surface area contributed by atoms with E-state index in [1.165, 1.54) is 30.2 Å². The number of urea groups is 1. The summed E-state index contributed by atoms with van der Waals surface area (Å²) in [5.74, 6) is -2.73. The zero-order valence-electron chi connectivity index (χ0n) is 33.4. The van der Waals surface area contributed by atoms with Crippen molar-refractivity contribution in [3.8, 4) is 22.6 Å². The Labute approximate surface area is 350 Å². The number of rotatable bonds is 10. The van der Waals surface area contributed by atoms with Crippen molar-refractivity contribution in [2.45, 2.75) is 49.8 Å². The van der Waals surface area contributed by atoms with Gasteiger partial charge in [-0.2, -0.15) is 5.10 Å².